The molecule has 2 aromatic heterocycles. The minimum absolute atomic E-state index is 0.118. The highest BCUT2D eigenvalue weighted by atomic mass is 16.4. The molecule has 92 valence electrons. The lowest BCUT2D eigenvalue weighted by Gasteiger charge is -2.04. The molecule has 0 saturated heterocycles. The summed E-state index contributed by atoms with van der Waals surface area (Å²) in [5.74, 6) is 0.700. The Hall–Kier alpha value is -2.24. The summed E-state index contributed by atoms with van der Waals surface area (Å²) in [5.41, 5.74) is 0.770. The van der Waals surface area contributed by atoms with Crippen LogP contribution in [0.4, 0.5) is 0 Å². The second kappa shape index (κ2) is 3.90. The average molecular weight is 244 g/mol. The van der Waals surface area contributed by atoms with Crippen molar-refractivity contribution in [2.75, 3.05) is 0 Å². The van der Waals surface area contributed by atoms with Gasteiger partial charge >= 0.3 is 5.97 Å². The fourth-order valence-electron chi connectivity index (χ4n) is 1.85. The van der Waals surface area contributed by atoms with Gasteiger partial charge in [-0.05, 0) is 25.8 Å². The highest BCUT2D eigenvalue weighted by molar-refractivity contribution is 5.86. The summed E-state index contributed by atoms with van der Waals surface area (Å²) in [5, 5.41) is 13.3. The minimum atomic E-state index is -1.01. The van der Waals surface area contributed by atoms with Gasteiger partial charge in [0, 0.05) is 18.2 Å². The van der Waals surface area contributed by atoms with Gasteiger partial charge in [0.15, 0.2) is 11.5 Å². The molecule has 0 unspecified atom stereocenters. The predicted molar refractivity (Wildman–Crippen MR) is 62.8 cm³/mol. The van der Waals surface area contributed by atoms with Gasteiger partial charge in [0.1, 0.15) is 5.82 Å². The first-order valence-electron chi connectivity index (χ1n) is 5.78. The number of aromatic nitrogens is 4. The highest BCUT2D eigenvalue weighted by Crippen LogP contribution is 2.37. The summed E-state index contributed by atoms with van der Waals surface area (Å²) in [6, 6.07) is 3.20. The van der Waals surface area contributed by atoms with Gasteiger partial charge in [-0.25, -0.2) is 19.4 Å². The average Bonchev–Trinajstić information content (AvgIpc) is 3.12. The number of carbonyl (C=O) groups is 1. The van der Waals surface area contributed by atoms with E-state index in [4.69, 9.17) is 5.11 Å². The maximum Gasteiger partial charge on any atom is 0.354 e. The number of nitrogens with zero attached hydrogens (tertiary/aromatic N) is 4. The molecular formula is C12H12N4O2. The number of aryl methyl sites for hydroxylation is 1. The Morgan fingerprint density at radius 3 is 2.94 bits per heavy atom. The van der Waals surface area contributed by atoms with Crippen molar-refractivity contribution >= 4 is 5.97 Å². The summed E-state index contributed by atoms with van der Waals surface area (Å²) in [7, 11) is 0. The molecule has 0 atom stereocenters. The zero-order valence-electron chi connectivity index (χ0n) is 9.87. The molecule has 1 aliphatic carbocycles. The van der Waals surface area contributed by atoms with Crippen molar-refractivity contribution in [3.8, 4) is 5.82 Å². The third-order valence-electron chi connectivity index (χ3n) is 2.87. The first-order valence-corrected chi connectivity index (χ1v) is 5.78. The van der Waals surface area contributed by atoms with E-state index in [1.54, 1.807) is 19.2 Å². The topological polar surface area (TPSA) is 80.9 Å². The van der Waals surface area contributed by atoms with Gasteiger partial charge in [-0.2, -0.15) is 5.10 Å². The molecule has 6 heteroatoms. The van der Waals surface area contributed by atoms with Crippen LogP contribution in [0, 0.1) is 6.92 Å². The molecule has 2 aromatic rings. The van der Waals surface area contributed by atoms with Crippen molar-refractivity contribution in [1.82, 2.24) is 19.7 Å². The van der Waals surface area contributed by atoms with Crippen LogP contribution in [-0.4, -0.2) is 30.8 Å². The van der Waals surface area contributed by atoms with Crippen molar-refractivity contribution in [2.24, 2.45) is 0 Å². The van der Waals surface area contributed by atoms with Gasteiger partial charge in [-0.15, -0.1) is 0 Å². The van der Waals surface area contributed by atoms with Crippen molar-refractivity contribution in [2.45, 2.75) is 25.7 Å². The predicted octanol–water partition coefficient (Wildman–Crippen LogP) is 1.55. The van der Waals surface area contributed by atoms with Crippen LogP contribution in [-0.2, 0) is 0 Å². The van der Waals surface area contributed by atoms with E-state index >= 15 is 0 Å². The van der Waals surface area contributed by atoms with Gasteiger partial charge < -0.3 is 5.11 Å². The standard InChI is InChI=1S/C12H12N4O2/c1-7-6-9(12(17)18)16(15-7)10-4-5-13-11(14-10)8-2-3-8/h4-6,8H,2-3H2,1H3,(H,17,18). The third-order valence-corrected chi connectivity index (χ3v) is 2.87. The molecule has 1 aliphatic rings. The molecule has 0 aromatic carbocycles. The molecule has 2 heterocycles. The van der Waals surface area contributed by atoms with Gasteiger partial charge in [-0.3, -0.25) is 0 Å². The smallest absolute Gasteiger partial charge is 0.354 e. The van der Waals surface area contributed by atoms with Crippen LogP contribution in [0.15, 0.2) is 18.3 Å². The lowest BCUT2D eigenvalue weighted by molar-refractivity contribution is 0.0686. The van der Waals surface area contributed by atoms with E-state index < -0.39 is 5.97 Å². The van der Waals surface area contributed by atoms with Gasteiger partial charge in [-0.1, -0.05) is 0 Å². The fourth-order valence-corrected chi connectivity index (χ4v) is 1.85. The fraction of sp³-hybridized carbons (Fsp3) is 0.333. The van der Waals surface area contributed by atoms with Crippen molar-refractivity contribution in [3.05, 3.63) is 35.5 Å². The maximum atomic E-state index is 11.1. The Morgan fingerprint density at radius 1 is 1.50 bits per heavy atom. The summed E-state index contributed by atoms with van der Waals surface area (Å²) in [4.78, 5) is 19.7. The molecule has 0 radical (unpaired) electrons. The first kappa shape index (κ1) is 10.9. The Kier molecular flexibility index (Phi) is 2.36. The molecule has 1 saturated carbocycles. The molecular weight excluding hydrogens is 232 g/mol. The minimum Gasteiger partial charge on any atom is -0.477 e. The van der Waals surface area contributed by atoms with Crippen LogP contribution >= 0.6 is 0 Å². The zero-order chi connectivity index (χ0) is 12.7. The normalized spacial score (nSPS) is 14.7. The van der Waals surface area contributed by atoms with Crippen LogP contribution in [0.1, 0.15) is 40.8 Å². The molecule has 0 bridgehead atoms. The van der Waals surface area contributed by atoms with Crippen molar-refractivity contribution < 1.29 is 9.90 Å². The van der Waals surface area contributed by atoms with E-state index in [-0.39, 0.29) is 5.69 Å². The number of aromatic carboxylic acids is 1. The molecule has 0 aliphatic heterocycles. The first-order chi connectivity index (χ1) is 8.65. The van der Waals surface area contributed by atoms with Gasteiger partial charge in [0.05, 0.1) is 5.69 Å². The summed E-state index contributed by atoms with van der Waals surface area (Å²) >= 11 is 0. The number of rotatable bonds is 3. The van der Waals surface area contributed by atoms with Crippen LogP contribution < -0.4 is 0 Å². The Labute approximate surface area is 103 Å². The van der Waals surface area contributed by atoms with Crippen LogP contribution in [0.3, 0.4) is 0 Å². The van der Waals surface area contributed by atoms with Gasteiger partial charge in [0.2, 0.25) is 0 Å². The van der Waals surface area contributed by atoms with Gasteiger partial charge in [0.25, 0.3) is 0 Å². The van der Waals surface area contributed by atoms with Crippen LogP contribution in [0.5, 0.6) is 0 Å². The molecule has 1 fully saturated rings. The molecule has 18 heavy (non-hydrogen) atoms. The molecule has 3 rings (SSSR count). The van der Waals surface area contributed by atoms with E-state index in [2.05, 4.69) is 15.1 Å². The second-order valence-electron chi connectivity index (χ2n) is 4.44. The van der Waals surface area contributed by atoms with E-state index in [9.17, 15) is 4.79 Å². The van der Waals surface area contributed by atoms with E-state index in [1.165, 1.54) is 10.7 Å². The maximum absolute atomic E-state index is 11.1. The molecule has 6 nitrogen and oxygen atoms in total. The summed E-state index contributed by atoms with van der Waals surface area (Å²) in [6.45, 7) is 1.76. The Morgan fingerprint density at radius 2 is 2.28 bits per heavy atom. The molecule has 1 N–H and O–H groups in total. The quantitative estimate of drug-likeness (QED) is 0.885. The van der Waals surface area contributed by atoms with E-state index in [0.29, 0.717) is 17.4 Å². The Balaban J connectivity index is 2.08. The number of hydrogen-bond acceptors (Lipinski definition) is 4. The molecule has 0 spiro atoms. The van der Waals surface area contributed by atoms with Crippen LogP contribution in [0.2, 0.25) is 0 Å². The monoisotopic (exact) mass is 244 g/mol. The van der Waals surface area contributed by atoms with Crippen LogP contribution in [0.25, 0.3) is 5.82 Å². The lowest BCUT2D eigenvalue weighted by atomic mass is 10.3. The summed E-state index contributed by atoms with van der Waals surface area (Å²) in [6.07, 6.45) is 3.86. The Bertz CT molecular complexity index is 616. The second-order valence-corrected chi connectivity index (χ2v) is 4.44. The summed E-state index contributed by atoms with van der Waals surface area (Å²) < 4.78 is 1.35. The van der Waals surface area contributed by atoms with E-state index in [1.807, 2.05) is 0 Å². The number of carboxylic acid groups (broad SMARTS) is 1. The lowest BCUT2D eigenvalue weighted by Crippen LogP contribution is -2.10. The van der Waals surface area contributed by atoms with Crippen molar-refractivity contribution in [3.63, 3.8) is 0 Å². The largest absolute Gasteiger partial charge is 0.477 e. The van der Waals surface area contributed by atoms with E-state index in [0.717, 1.165) is 18.7 Å². The highest BCUT2D eigenvalue weighted by Gasteiger charge is 2.27. The third kappa shape index (κ3) is 1.85. The van der Waals surface area contributed by atoms with Crippen molar-refractivity contribution in [1.29, 1.82) is 0 Å². The SMILES string of the molecule is Cc1cc(C(=O)O)n(-c2ccnc(C3CC3)n2)n1. The number of carboxylic acids is 1. The number of hydrogen-bond donors (Lipinski definition) is 1. The zero-order valence-corrected chi connectivity index (χ0v) is 9.87. The molecule has 0 amide bonds.